The fourth-order valence-electron chi connectivity index (χ4n) is 1.94. The normalized spacial score (nSPS) is 11.8. The van der Waals surface area contributed by atoms with E-state index in [0.29, 0.717) is 23.8 Å². The van der Waals surface area contributed by atoms with Crippen LogP contribution < -0.4 is 19.9 Å². The first kappa shape index (κ1) is 15.7. The molecule has 0 saturated heterocycles. The van der Waals surface area contributed by atoms with E-state index in [1.54, 1.807) is 20.3 Å². The molecule has 0 aliphatic carbocycles. The van der Waals surface area contributed by atoms with Crippen LogP contribution in [-0.2, 0) is 0 Å². The van der Waals surface area contributed by atoms with Gasteiger partial charge >= 0.3 is 0 Å². The van der Waals surface area contributed by atoms with Gasteiger partial charge < -0.3 is 19.9 Å². The van der Waals surface area contributed by atoms with Gasteiger partial charge in [0, 0.05) is 29.2 Å². The second kappa shape index (κ2) is 7.33. The van der Waals surface area contributed by atoms with Crippen LogP contribution in [0.2, 0.25) is 0 Å². The van der Waals surface area contributed by atoms with Crippen LogP contribution in [0.15, 0.2) is 46.9 Å². The van der Waals surface area contributed by atoms with Gasteiger partial charge in [-0.1, -0.05) is 28.1 Å². The van der Waals surface area contributed by atoms with E-state index in [4.69, 9.17) is 19.9 Å². The highest BCUT2D eigenvalue weighted by atomic mass is 79.9. The third-order valence-corrected chi connectivity index (χ3v) is 3.59. The summed E-state index contributed by atoms with van der Waals surface area (Å²) in [6, 6.07) is 13.3. The van der Waals surface area contributed by atoms with E-state index in [2.05, 4.69) is 15.9 Å². The Morgan fingerprint density at radius 1 is 0.952 bits per heavy atom. The van der Waals surface area contributed by atoms with Gasteiger partial charge in [-0.05, 0) is 17.7 Å². The second-order valence-electron chi connectivity index (χ2n) is 4.44. The van der Waals surface area contributed by atoms with Crippen LogP contribution >= 0.6 is 15.9 Å². The van der Waals surface area contributed by atoms with Gasteiger partial charge in [-0.15, -0.1) is 0 Å². The molecule has 0 spiro atoms. The van der Waals surface area contributed by atoms with Crippen molar-refractivity contribution in [3.8, 4) is 17.2 Å². The largest absolute Gasteiger partial charge is 0.496 e. The van der Waals surface area contributed by atoms with Gasteiger partial charge in [-0.25, -0.2) is 0 Å². The average molecular weight is 352 g/mol. The van der Waals surface area contributed by atoms with E-state index in [9.17, 15) is 0 Å². The third kappa shape index (κ3) is 4.12. The van der Waals surface area contributed by atoms with Crippen molar-refractivity contribution in [3.63, 3.8) is 0 Å². The lowest BCUT2D eigenvalue weighted by atomic mass is 10.1. The minimum absolute atomic E-state index is 0.227. The highest BCUT2D eigenvalue weighted by molar-refractivity contribution is 9.10. The molecule has 0 aliphatic rings. The van der Waals surface area contributed by atoms with Gasteiger partial charge in [0.15, 0.2) is 0 Å². The fourth-order valence-corrected chi connectivity index (χ4v) is 2.21. The molecule has 0 amide bonds. The van der Waals surface area contributed by atoms with Gasteiger partial charge in [-0.3, -0.25) is 0 Å². The Morgan fingerprint density at radius 2 is 1.48 bits per heavy atom. The summed E-state index contributed by atoms with van der Waals surface area (Å²) < 4.78 is 17.5. The van der Waals surface area contributed by atoms with Crippen molar-refractivity contribution in [1.82, 2.24) is 0 Å². The number of ether oxygens (including phenoxy) is 3. The van der Waals surface area contributed by atoms with E-state index < -0.39 is 0 Å². The molecule has 112 valence electrons. The summed E-state index contributed by atoms with van der Waals surface area (Å²) in [5, 5.41) is 0. The monoisotopic (exact) mass is 351 g/mol. The van der Waals surface area contributed by atoms with Crippen LogP contribution in [-0.4, -0.2) is 20.8 Å². The first-order valence-corrected chi connectivity index (χ1v) is 7.31. The number of nitrogens with two attached hydrogens (primary N) is 1. The Hall–Kier alpha value is -1.72. The SMILES string of the molecule is COc1cc(OC)cc(OC(CN)c2ccc(Br)cc2)c1. The van der Waals surface area contributed by atoms with Crippen LogP contribution in [0, 0.1) is 0 Å². The molecule has 21 heavy (non-hydrogen) atoms. The fraction of sp³-hybridized carbons (Fsp3) is 0.250. The van der Waals surface area contributed by atoms with Gasteiger partial charge in [0.05, 0.1) is 14.2 Å². The summed E-state index contributed by atoms with van der Waals surface area (Å²) in [5.74, 6) is 2.01. The van der Waals surface area contributed by atoms with E-state index in [1.165, 1.54) is 0 Å². The molecule has 0 aliphatic heterocycles. The van der Waals surface area contributed by atoms with E-state index >= 15 is 0 Å². The maximum atomic E-state index is 5.97. The van der Waals surface area contributed by atoms with Crippen LogP contribution in [0.5, 0.6) is 17.2 Å². The van der Waals surface area contributed by atoms with Gasteiger partial charge in [0.1, 0.15) is 23.4 Å². The quantitative estimate of drug-likeness (QED) is 0.864. The lowest BCUT2D eigenvalue weighted by Crippen LogP contribution is -2.18. The molecular formula is C16H18BrNO3. The van der Waals surface area contributed by atoms with Crippen molar-refractivity contribution in [3.05, 3.63) is 52.5 Å². The molecule has 0 aromatic heterocycles. The Morgan fingerprint density at radius 3 is 1.95 bits per heavy atom. The van der Waals surface area contributed by atoms with Crippen molar-refractivity contribution in [2.75, 3.05) is 20.8 Å². The van der Waals surface area contributed by atoms with Crippen molar-refractivity contribution in [2.45, 2.75) is 6.10 Å². The molecule has 0 heterocycles. The summed E-state index contributed by atoms with van der Waals surface area (Å²) in [5.41, 5.74) is 6.85. The molecule has 2 rings (SSSR count). The van der Waals surface area contributed by atoms with Gasteiger partial charge in [0.2, 0.25) is 0 Å². The van der Waals surface area contributed by atoms with Gasteiger partial charge in [0.25, 0.3) is 0 Å². The maximum absolute atomic E-state index is 5.97. The lowest BCUT2D eigenvalue weighted by Gasteiger charge is -2.19. The number of benzene rings is 2. The van der Waals surface area contributed by atoms with Crippen molar-refractivity contribution >= 4 is 15.9 Å². The van der Waals surface area contributed by atoms with E-state index in [-0.39, 0.29) is 6.10 Å². The first-order valence-electron chi connectivity index (χ1n) is 6.51. The summed E-state index contributed by atoms with van der Waals surface area (Å²) in [6.07, 6.45) is -0.227. The minimum atomic E-state index is -0.227. The molecular weight excluding hydrogens is 334 g/mol. The molecule has 2 N–H and O–H groups in total. The highest BCUT2D eigenvalue weighted by Crippen LogP contribution is 2.30. The summed E-state index contributed by atoms with van der Waals surface area (Å²) in [7, 11) is 3.21. The zero-order valence-electron chi connectivity index (χ0n) is 12.0. The Bertz CT molecular complexity index is 564. The molecule has 1 unspecified atom stereocenters. The standard InChI is InChI=1S/C16H18BrNO3/c1-19-13-7-14(20-2)9-15(8-13)21-16(10-18)11-3-5-12(17)6-4-11/h3-9,16H,10,18H2,1-2H3. The smallest absolute Gasteiger partial charge is 0.136 e. The Kier molecular flexibility index (Phi) is 5.47. The van der Waals surface area contributed by atoms with Crippen molar-refractivity contribution in [1.29, 1.82) is 0 Å². The third-order valence-electron chi connectivity index (χ3n) is 3.06. The molecule has 0 fully saturated rings. The molecule has 0 radical (unpaired) electrons. The molecule has 2 aromatic rings. The first-order chi connectivity index (χ1) is 10.2. The molecule has 0 saturated carbocycles. The van der Waals surface area contributed by atoms with Crippen LogP contribution in [0.25, 0.3) is 0 Å². The molecule has 2 aromatic carbocycles. The number of methoxy groups -OCH3 is 2. The lowest BCUT2D eigenvalue weighted by molar-refractivity contribution is 0.212. The minimum Gasteiger partial charge on any atom is -0.496 e. The zero-order valence-corrected chi connectivity index (χ0v) is 13.6. The Balaban J connectivity index is 2.23. The number of rotatable bonds is 6. The zero-order chi connectivity index (χ0) is 15.2. The second-order valence-corrected chi connectivity index (χ2v) is 5.36. The highest BCUT2D eigenvalue weighted by Gasteiger charge is 2.13. The van der Waals surface area contributed by atoms with E-state index in [0.717, 1.165) is 10.0 Å². The van der Waals surface area contributed by atoms with Crippen molar-refractivity contribution < 1.29 is 14.2 Å². The van der Waals surface area contributed by atoms with Crippen molar-refractivity contribution in [2.24, 2.45) is 5.73 Å². The van der Waals surface area contributed by atoms with Crippen LogP contribution in [0.3, 0.4) is 0 Å². The van der Waals surface area contributed by atoms with Gasteiger partial charge in [-0.2, -0.15) is 0 Å². The summed E-state index contributed by atoms with van der Waals surface area (Å²) in [6.45, 7) is 0.376. The molecule has 0 bridgehead atoms. The summed E-state index contributed by atoms with van der Waals surface area (Å²) in [4.78, 5) is 0. The predicted molar refractivity (Wildman–Crippen MR) is 86.1 cm³/mol. The Labute approximate surface area is 132 Å². The number of halogens is 1. The maximum Gasteiger partial charge on any atom is 0.136 e. The topological polar surface area (TPSA) is 53.7 Å². The average Bonchev–Trinajstić information content (AvgIpc) is 2.53. The van der Waals surface area contributed by atoms with E-state index in [1.807, 2.05) is 36.4 Å². The number of hydrogen-bond acceptors (Lipinski definition) is 4. The molecule has 1 atom stereocenters. The van der Waals surface area contributed by atoms with Crippen LogP contribution in [0.4, 0.5) is 0 Å². The number of hydrogen-bond donors (Lipinski definition) is 1. The molecule has 4 nitrogen and oxygen atoms in total. The molecule has 5 heteroatoms. The predicted octanol–water partition coefficient (Wildman–Crippen LogP) is 3.55. The van der Waals surface area contributed by atoms with Crippen LogP contribution in [0.1, 0.15) is 11.7 Å². The summed E-state index contributed by atoms with van der Waals surface area (Å²) >= 11 is 3.42.